The first-order valence-electron chi connectivity index (χ1n) is 5.73. The zero-order chi connectivity index (χ0) is 12.1. The number of benzene rings is 1. The van der Waals surface area contributed by atoms with Crippen molar-refractivity contribution in [3.8, 4) is 17.1 Å². The molecule has 0 saturated carbocycles. The molecule has 1 heterocycles. The Balaban J connectivity index is 2.30. The molecule has 0 unspecified atom stereocenters. The molecule has 0 spiro atoms. The second kappa shape index (κ2) is 5.50. The average molecular weight is 232 g/mol. The minimum atomic E-state index is 0.376. The van der Waals surface area contributed by atoms with Crippen molar-refractivity contribution < 1.29 is 9.26 Å². The summed E-state index contributed by atoms with van der Waals surface area (Å²) in [7, 11) is 0. The third-order valence-corrected chi connectivity index (χ3v) is 2.38. The molecule has 0 fully saturated rings. The molecule has 4 nitrogen and oxygen atoms in total. The highest BCUT2D eigenvalue weighted by Crippen LogP contribution is 2.30. The highest BCUT2D eigenvalue weighted by molar-refractivity contribution is 5.65. The van der Waals surface area contributed by atoms with Crippen LogP contribution in [0.2, 0.25) is 0 Å². The SMILES string of the molecule is CCCOc1ccccc1-c1cc(CN)no1. The van der Waals surface area contributed by atoms with Gasteiger partial charge in [0.1, 0.15) is 5.75 Å². The molecule has 90 valence electrons. The Morgan fingerprint density at radius 2 is 2.18 bits per heavy atom. The topological polar surface area (TPSA) is 61.3 Å². The van der Waals surface area contributed by atoms with Gasteiger partial charge in [-0.15, -0.1) is 0 Å². The molecule has 0 aliphatic heterocycles. The van der Waals surface area contributed by atoms with Crippen LogP contribution in [0.3, 0.4) is 0 Å². The van der Waals surface area contributed by atoms with Gasteiger partial charge in [-0.25, -0.2) is 0 Å². The fourth-order valence-corrected chi connectivity index (χ4v) is 1.54. The Morgan fingerprint density at radius 3 is 2.88 bits per heavy atom. The maximum absolute atomic E-state index is 5.66. The number of nitrogens with two attached hydrogens (primary N) is 1. The first-order valence-corrected chi connectivity index (χ1v) is 5.73. The van der Waals surface area contributed by atoms with Gasteiger partial charge in [0, 0.05) is 12.6 Å². The molecule has 1 aromatic carbocycles. The van der Waals surface area contributed by atoms with E-state index >= 15 is 0 Å². The summed E-state index contributed by atoms with van der Waals surface area (Å²) in [5.74, 6) is 1.51. The van der Waals surface area contributed by atoms with Gasteiger partial charge < -0.3 is 15.0 Å². The lowest BCUT2D eigenvalue weighted by molar-refractivity contribution is 0.317. The number of rotatable bonds is 5. The minimum absolute atomic E-state index is 0.376. The number of nitrogens with zero attached hydrogens (tertiary/aromatic N) is 1. The van der Waals surface area contributed by atoms with Gasteiger partial charge in [-0.1, -0.05) is 24.2 Å². The molecule has 0 saturated heterocycles. The van der Waals surface area contributed by atoms with E-state index in [0.717, 1.165) is 23.4 Å². The summed E-state index contributed by atoms with van der Waals surface area (Å²) in [6.07, 6.45) is 0.971. The van der Waals surface area contributed by atoms with Crippen molar-refractivity contribution in [1.29, 1.82) is 0 Å². The number of hydrogen-bond acceptors (Lipinski definition) is 4. The van der Waals surface area contributed by atoms with E-state index in [4.69, 9.17) is 15.0 Å². The normalized spacial score (nSPS) is 10.5. The molecule has 0 amide bonds. The standard InChI is InChI=1S/C13H16N2O2/c1-2-7-16-12-6-4-3-5-11(12)13-8-10(9-14)15-17-13/h3-6,8H,2,7,9,14H2,1H3. The van der Waals surface area contributed by atoms with E-state index in [1.54, 1.807) is 0 Å². The molecule has 2 N–H and O–H groups in total. The van der Waals surface area contributed by atoms with Gasteiger partial charge >= 0.3 is 0 Å². The number of para-hydroxylation sites is 1. The summed E-state index contributed by atoms with van der Waals surface area (Å²) in [6.45, 7) is 3.14. The zero-order valence-electron chi connectivity index (χ0n) is 9.85. The van der Waals surface area contributed by atoms with Crippen LogP contribution in [0.15, 0.2) is 34.9 Å². The van der Waals surface area contributed by atoms with Crippen LogP contribution in [0.4, 0.5) is 0 Å². The van der Waals surface area contributed by atoms with Gasteiger partial charge in [-0.05, 0) is 18.6 Å². The molecule has 1 aromatic heterocycles. The molecule has 17 heavy (non-hydrogen) atoms. The van der Waals surface area contributed by atoms with Crippen LogP contribution in [0, 0.1) is 0 Å². The highest BCUT2D eigenvalue weighted by atomic mass is 16.5. The Labute approximate surface area is 100 Å². The van der Waals surface area contributed by atoms with Gasteiger partial charge in [-0.2, -0.15) is 0 Å². The smallest absolute Gasteiger partial charge is 0.170 e. The third kappa shape index (κ3) is 2.65. The van der Waals surface area contributed by atoms with Crippen molar-refractivity contribution in [3.05, 3.63) is 36.0 Å². The van der Waals surface area contributed by atoms with E-state index in [1.165, 1.54) is 0 Å². The zero-order valence-corrected chi connectivity index (χ0v) is 9.85. The predicted octanol–water partition coefficient (Wildman–Crippen LogP) is 2.59. The molecule has 0 bridgehead atoms. The van der Waals surface area contributed by atoms with E-state index in [9.17, 15) is 0 Å². The summed E-state index contributed by atoms with van der Waals surface area (Å²) < 4.78 is 10.9. The summed E-state index contributed by atoms with van der Waals surface area (Å²) >= 11 is 0. The van der Waals surface area contributed by atoms with Gasteiger partial charge in [0.05, 0.1) is 17.9 Å². The summed E-state index contributed by atoms with van der Waals surface area (Å²) in [6, 6.07) is 9.60. The van der Waals surface area contributed by atoms with Gasteiger partial charge in [0.2, 0.25) is 0 Å². The summed E-state index contributed by atoms with van der Waals surface area (Å²) in [4.78, 5) is 0. The number of aromatic nitrogens is 1. The quantitative estimate of drug-likeness (QED) is 0.860. The third-order valence-electron chi connectivity index (χ3n) is 2.38. The maximum Gasteiger partial charge on any atom is 0.170 e. The van der Waals surface area contributed by atoms with Crippen molar-refractivity contribution in [1.82, 2.24) is 5.16 Å². The molecule has 0 aliphatic carbocycles. The second-order valence-electron chi connectivity index (χ2n) is 3.73. The van der Waals surface area contributed by atoms with Crippen LogP contribution in [0.1, 0.15) is 19.0 Å². The van der Waals surface area contributed by atoms with Crippen LogP contribution < -0.4 is 10.5 Å². The number of hydrogen-bond donors (Lipinski definition) is 1. The van der Waals surface area contributed by atoms with E-state index in [-0.39, 0.29) is 0 Å². The van der Waals surface area contributed by atoms with Crippen LogP contribution in [0.5, 0.6) is 5.75 Å². The average Bonchev–Trinajstić information content (AvgIpc) is 2.85. The highest BCUT2D eigenvalue weighted by Gasteiger charge is 2.10. The van der Waals surface area contributed by atoms with E-state index in [0.29, 0.717) is 18.9 Å². The molecule has 0 atom stereocenters. The number of ether oxygens (including phenoxy) is 1. The first kappa shape index (κ1) is 11.7. The second-order valence-corrected chi connectivity index (χ2v) is 3.73. The van der Waals surface area contributed by atoms with Crippen molar-refractivity contribution in [2.75, 3.05) is 6.61 Å². The monoisotopic (exact) mass is 232 g/mol. The van der Waals surface area contributed by atoms with Gasteiger partial charge in [0.25, 0.3) is 0 Å². The fourth-order valence-electron chi connectivity index (χ4n) is 1.54. The lowest BCUT2D eigenvalue weighted by Gasteiger charge is -2.07. The fraction of sp³-hybridized carbons (Fsp3) is 0.308. The summed E-state index contributed by atoms with van der Waals surface area (Å²) in [5.41, 5.74) is 7.16. The van der Waals surface area contributed by atoms with Crippen LogP contribution in [-0.2, 0) is 6.54 Å². The van der Waals surface area contributed by atoms with Gasteiger partial charge in [0.15, 0.2) is 5.76 Å². The lowest BCUT2D eigenvalue weighted by atomic mass is 10.1. The Hall–Kier alpha value is -1.81. The predicted molar refractivity (Wildman–Crippen MR) is 65.6 cm³/mol. The Morgan fingerprint density at radius 1 is 1.35 bits per heavy atom. The molecule has 4 heteroatoms. The van der Waals surface area contributed by atoms with E-state index in [1.807, 2.05) is 30.3 Å². The molecule has 0 aliphatic rings. The van der Waals surface area contributed by atoms with Crippen molar-refractivity contribution in [3.63, 3.8) is 0 Å². The lowest BCUT2D eigenvalue weighted by Crippen LogP contribution is -1.96. The van der Waals surface area contributed by atoms with Crippen molar-refractivity contribution in [2.24, 2.45) is 5.73 Å². The van der Waals surface area contributed by atoms with Crippen molar-refractivity contribution >= 4 is 0 Å². The largest absolute Gasteiger partial charge is 0.493 e. The van der Waals surface area contributed by atoms with Crippen LogP contribution in [0.25, 0.3) is 11.3 Å². The molecule has 2 rings (SSSR count). The van der Waals surface area contributed by atoms with Gasteiger partial charge in [-0.3, -0.25) is 0 Å². The maximum atomic E-state index is 5.66. The van der Waals surface area contributed by atoms with Crippen LogP contribution >= 0.6 is 0 Å². The van der Waals surface area contributed by atoms with Crippen LogP contribution in [-0.4, -0.2) is 11.8 Å². The molecular weight excluding hydrogens is 216 g/mol. The summed E-state index contributed by atoms with van der Waals surface area (Å²) in [5, 5.41) is 3.88. The molecular formula is C13H16N2O2. The van der Waals surface area contributed by atoms with E-state index < -0.39 is 0 Å². The van der Waals surface area contributed by atoms with E-state index in [2.05, 4.69) is 12.1 Å². The molecule has 0 radical (unpaired) electrons. The van der Waals surface area contributed by atoms with Crippen molar-refractivity contribution in [2.45, 2.75) is 19.9 Å². The first-order chi connectivity index (χ1) is 8.35. The Bertz CT molecular complexity index is 480. The Kier molecular flexibility index (Phi) is 3.77. The minimum Gasteiger partial charge on any atom is -0.493 e. The molecule has 2 aromatic rings.